The Labute approximate surface area is 189 Å². The fourth-order valence-electron chi connectivity index (χ4n) is 4.88. The first-order valence-electron chi connectivity index (χ1n) is 11.3. The second-order valence-electron chi connectivity index (χ2n) is 9.66. The van der Waals surface area contributed by atoms with Crippen molar-refractivity contribution < 1.29 is 4.79 Å². The van der Waals surface area contributed by atoms with Gasteiger partial charge in [0.15, 0.2) is 5.78 Å². The minimum atomic E-state index is -0.0131. The summed E-state index contributed by atoms with van der Waals surface area (Å²) in [6, 6.07) is 23.4. The number of nitrogens with zero attached hydrogens (tertiary/aromatic N) is 1. The number of carbonyl (C=O) groups excluding carboxylic acids is 1. The number of aromatic nitrogens is 2. The molecule has 5 rings (SSSR count). The first-order chi connectivity index (χ1) is 15.5. The number of fused-ring (bicyclic) bond motifs is 1. The van der Waals surface area contributed by atoms with Gasteiger partial charge >= 0.3 is 0 Å². The monoisotopic (exact) mass is 420 g/mol. The molecule has 3 nitrogen and oxygen atoms in total. The van der Waals surface area contributed by atoms with E-state index in [1.54, 1.807) is 0 Å². The van der Waals surface area contributed by atoms with Gasteiger partial charge in [0.25, 0.3) is 0 Å². The van der Waals surface area contributed by atoms with Crippen LogP contribution in [0, 0.1) is 5.41 Å². The molecule has 0 saturated heterocycles. The van der Waals surface area contributed by atoms with Crippen LogP contribution < -0.4 is 0 Å². The summed E-state index contributed by atoms with van der Waals surface area (Å²) in [5, 5.41) is 0. The zero-order chi connectivity index (χ0) is 22.1. The zero-order valence-electron chi connectivity index (χ0n) is 18.7. The number of hydrogen-bond donors (Lipinski definition) is 1. The van der Waals surface area contributed by atoms with E-state index < -0.39 is 0 Å². The molecule has 160 valence electrons. The van der Waals surface area contributed by atoms with E-state index in [2.05, 4.69) is 72.3 Å². The van der Waals surface area contributed by atoms with Gasteiger partial charge in [-0.25, -0.2) is 0 Å². The Hall–Kier alpha value is -3.46. The Balaban J connectivity index is 1.49. The van der Waals surface area contributed by atoms with Crippen molar-refractivity contribution >= 4 is 5.78 Å². The number of aromatic amines is 1. The van der Waals surface area contributed by atoms with Crippen LogP contribution in [0.1, 0.15) is 58.6 Å². The molecule has 3 heteroatoms. The molecule has 4 aromatic rings. The molecule has 1 N–H and O–H groups in total. The van der Waals surface area contributed by atoms with Gasteiger partial charge < -0.3 is 4.98 Å². The summed E-state index contributed by atoms with van der Waals surface area (Å²) in [7, 11) is 0. The molecule has 2 aromatic carbocycles. The van der Waals surface area contributed by atoms with Gasteiger partial charge in [0.05, 0.1) is 5.69 Å². The van der Waals surface area contributed by atoms with Gasteiger partial charge in [0.1, 0.15) is 0 Å². The van der Waals surface area contributed by atoms with Crippen molar-refractivity contribution in [3.05, 3.63) is 113 Å². The standard InChI is InChI=1S/C29H28N2O/c1-29(2)18-25-27(26(32)19-29)24(28(31-25)23-12-14-30-15-13-23)17-22-10-8-21(9-11-22)16-20-6-4-3-5-7-20/h3-15,31H,16-19H2,1-2H3. The normalized spacial score (nSPS) is 14.9. The highest BCUT2D eigenvalue weighted by molar-refractivity contribution is 6.02. The van der Waals surface area contributed by atoms with Gasteiger partial charge in [-0.3, -0.25) is 9.78 Å². The van der Waals surface area contributed by atoms with E-state index in [1.807, 2.05) is 30.6 Å². The Morgan fingerprint density at radius 1 is 0.812 bits per heavy atom. The third-order valence-electron chi connectivity index (χ3n) is 6.38. The number of benzene rings is 2. The maximum atomic E-state index is 13.2. The van der Waals surface area contributed by atoms with Gasteiger partial charge in [-0.1, -0.05) is 68.4 Å². The minimum absolute atomic E-state index is 0.0131. The first-order valence-corrected chi connectivity index (χ1v) is 11.3. The molecule has 0 fully saturated rings. The van der Waals surface area contributed by atoms with Gasteiger partial charge in [-0.15, -0.1) is 0 Å². The number of nitrogens with one attached hydrogen (secondary N) is 1. The summed E-state index contributed by atoms with van der Waals surface area (Å²) < 4.78 is 0. The van der Waals surface area contributed by atoms with E-state index in [0.29, 0.717) is 6.42 Å². The molecule has 0 unspecified atom stereocenters. The Bertz CT molecular complexity index is 1240. The number of H-pyrrole nitrogens is 1. The molecule has 1 aliphatic carbocycles. The maximum absolute atomic E-state index is 13.2. The smallest absolute Gasteiger partial charge is 0.165 e. The second-order valence-corrected chi connectivity index (χ2v) is 9.66. The fourth-order valence-corrected chi connectivity index (χ4v) is 4.88. The molecule has 0 bridgehead atoms. The average molecular weight is 421 g/mol. The summed E-state index contributed by atoms with van der Waals surface area (Å²) in [5.74, 6) is 0.253. The van der Waals surface area contributed by atoms with Crippen LogP contribution in [0.15, 0.2) is 79.1 Å². The third-order valence-corrected chi connectivity index (χ3v) is 6.38. The van der Waals surface area contributed by atoms with Crippen LogP contribution in [0.25, 0.3) is 11.3 Å². The van der Waals surface area contributed by atoms with E-state index in [4.69, 9.17) is 0 Å². The molecule has 32 heavy (non-hydrogen) atoms. The van der Waals surface area contributed by atoms with Crippen LogP contribution >= 0.6 is 0 Å². The molecular weight excluding hydrogens is 392 g/mol. The van der Waals surface area contributed by atoms with Gasteiger partial charge in [0.2, 0.25) is 0 Å². The lowest BCUT2D eigenvalue weighted by Gasteiger charge is -2.28. The topological polar surface area (TPSA) is 45.8 Å². The molecular formula is C29H28N2O. The Morgan fingerprint density at radius 2 is 1.44 bits per heavy atom. The molecule has 2 aromatic heterocycles. The van der Waals surface area contributed by atoms with Crippen LogP contribution in [-0.4, -0.2) is 15.8 Å². The van der Waals surface area contributed by atoms with Crippen molar-refractivity contribution in [1.29, 1.82) is 0 Å². The lowest BCUT2D eigenvalue weighted by atomic mass is 9.75. The van der Waals surface area contributed by atoms with Gasteiger partial charge in [-0.2, -0.15) is 0 Å². The quantitative estimate of drug-likeness (QED) is 0.405. The Morgan fingerprint density at radius 3 is 2.12 bits per heavy atom. The maximum Gasteiger partial charge on any atom is 0.165 e. The van der Waals surface area contributed by atoms with Crippen molar-refractivity contribution in [3.63, 3.8) is 0 Å². The van der Waals surface area contributed by atoms with Crippen LogP contribution in [0.4, 0.5) is 0 Å². The number of ketones is 1. The van der Waals surface area contributed by atoms with E-state index in [-0.39, 0.29) is 11.2 Å². The highest BCUT2D eigenvalue weighted by Crippen LogP contribution is 2.40. The molecule has 0 atom stereocenters. The Kier molecular flexibility index (Phi) is 5.26. The first kappa shape index (κ1) is 20.4. The van der Waals surface area contributed by atoms with Crippen LogP contribution in [0.2, 0.25) is 0 Å². The number of carbonyl (C=O) groups is 1. The number of Topliss-reactive ketones (excluding diaryl/α,β-unsaturated/α-hetero) is 1. The molecule has 0 saturated carbocycles. The average Bonchev–Trinajstić information content (AvgIpc) is 3.13. The van der Waals surface area contributed by atoms with E-state index in [0.717, 1.165) is 47.3 Å². The summed E-state index contributed by atoms with van der Waals surface area (Å²) in [6.45, 7) is 4.35. The van der Waals surface area contributed by atoms with Crippen LogP contribution in [0.3, 0.4) is 0 Å². The lowest BCUT2D eigenvalue weighted by Crippen LogP contribution is -2.27. The van der Waals surface area contributed by atoms with Crippen LogP contribution in [0.5, 0.6) is 0 Å². The fraction of sp³-hybridized carbons (Fsp3) is 0.241. The largest absolute Gasteiger partial charge is 0.358 e. The van der Waals surface area contributed by atoms with E-state index in [1.165, 1.54) is 16.7 Å². The lowest BCUT2D eigenvalue weighted by molar-refractivity contribution is 0.0911. The highest BCUT2D eigenvalue weighted by atomic mass is 16.1. The van der Waals surface area contributed by atoms with Crippen molar-refractivity contribution in [2.24, 2.45) is 5.41 Å². The van der Waals surface area contributed by atoms with Crippen molar-refractivity contribution in [1.82, 2.24) is 9.97 Å². The second kappa shape index (κ2) is 8.23. The van der Waals surface area contributed by atoms with E-state index >= 15 is 0 Å². The molecule has 0 aliphatic heterocycles. The van der Waals surface area contributed by atoms with Crippen molar-refractivity contribution in [2.45, 2.75) is 39.5 Å². The SMILES string of the molecule is CC1(C)CC(=O)c2c([nH]c(-c3ccncc3)c2Cc2ccc(Cc3ccccc3)cc2)C1. The summed E-state index contributed by atoms with van der Waals surface area (Å²) in [5.41, 5.74) is 9.04. The van der Waals surface area contributed by atoms with Gasteiger partial charge in [0, 0.05) is 42.1 Å². The summed E-state index contributed by atoms with van der Waals surface area (Å²) in [6.07, 6.45) is 6.77. The van der Waals surface area contributed by atoms with Crippen molar-refractivity contribution in [2.75, 3.05) is 0 Å². The highest BCUT2D eigenvalue weighted by Gasteiger charge is 2.35. The molecule has 1 aliphatic rings. The molecule has 0 radical (unpaired) electrons. The number of pyridine rings is 1. The van der Waals surface area contributed by atoms with Crippen LogP contribution in [-0.2, 0) is 19.3 Å². The minimum Gasteiger partial charge on any atom is -0.358 e. The summed E-state index contributed by atoms with van der Waals surface area (Å²) >= 11 is 0. The predicted molar refractivity (Wildman–Crippen MR) is 129 cm³/mol. The third kappa shape index (κ3) is 4.16. The molecule has 2 heterocycles. The predicted octanol–water partition coefficient (Wildman–Crippen LogP) is 6.41. The number of rotatable bonds is 5. The van der Waals surface area contributed by atoms with Gasteiger partial charge in [-0.05, 0) is 52.6 Å². The summed E-state index contributed by atoms with van der Waals surface area (Å²) in [4.78, 5) is 21.0. The van der Waals surface area contributed by atoms with E-state index in [9.17, 15) is 4.79 Å². The number of hydrogen-bond acceptors (Lipinski definition) is 2. The molecule has 0 amide bonds. The zero-order valence-corrected chi connectivity index (χ0v) is 18.7. The van der Waals surface area contributed by atoms with Crippen molar-refractivity contribution in [3.8, 4) is 11.3 Å². The molecule has 0 spiro atoms.